The third kappa shape index (κ3) is 3.65. The molecule has 0 spiro atoms. The van der Waals surface area contributed by atoms with Crippen molar-refractivity contribution in [3.63, 3.8) is 0 Å². The molecule has 0 saturated heterocycles. The van der Waals surface area contributed by atoms with Crippen molar-refractivity contribution in [3.8, 4) is 0 Å². The van der Waals surface area contributed by atoms with Gasteiger partial charge >= 0.3 is 0 Å². The highest BCUT2D eigenvalue weighted by Crippen LogP contribution is 2.25. The number of nitrogens with one attached hydrogen (secondary N) is 1. The molecule has 2 rings (SSSR count). The molecule has 0 saturated carbocycles. The molecular formula is C12H14BrN3O3S2. The van der Waals surface area contributed by atoms with Crippen LogP contribution < -0.4 is 5.32 Å². The monoisotopic (exact) mass is 391 g/mol. The second-order valence-corrected chi connectivity index (χ2v) is 8.48. The summed E-state index contributed by atoms with van der Waals surface area (Å²) in [7, 11) is -0.734. The van der Waals surface area contributed by atoms with Gasteiger partial charge in [-0.3, -0.25) is 9.79 Å². The van der Waals surface area contributed by atoms with E-state index in [9.17, 15) is 13.2 Å². The molecule has 21 heavy (non-hydrogen) atoms. The summed E-state index contributed by atoms with van der Waals surface area (Å²) in [6, 6.07) is 4.47. The molecule has 1 amide bonds. The summed E-state index contributed by atoms with van der Waals surface area (Å²) in [5, 5.41) is 3.24. The number of halogens is 1. The molecule has 0 bridgehead atoms. The Labute approximate surface area is 136 Å². The first-order valence-corrected chi connectivity index (χ1v) is 9.25. The molecule has 0 aliphatic carbocycles. The SMILES string of the molecule is CN(C)S(=O)(=O)c1cc(C(=O)NC2=NCCS2)ccc1Br. The Balaban J connectivity index is 2.32. The lowest BCUT2D eigenvalue weighted by molar-refractivity contribution is 0.0977. The van der Waals surface area contributed by atoms with E-state index in [1.54, 1.807) is 12.1 Å². The molecule has 0 atom stereocenters. The Kier molecular flexibility index (Phi) is 5.07. The summed E-state index contributed by atoms with van der Waals surface area (Å²) >= 11 is 4.67. The number of aliphatic imine (C=N–C) groups is 1. The van der Waals surface area contributed by atoms with Gasteiger partial charge in [0.2, 0.25) is 10.0 Å². The van der Waals surface area contributed by atoms with Crippen LogP contribution >= 0.6 is 27.7 Å². The first-order chi connectivity index (χ1) is 9.82. The normalized spacial score (nSPS) is 15.1. The van der Waals surface area contributed by atoms with Gasteiger partial charge in [0, 0.05) is 29.9 Å². The van der Waals surface area contributed by atoms with Crippen LogP contribution in [0.1, 0.15) is 10.4 Å². The van der Waals surface area contributed by atoms with Crippen molar-refractivity contribution in [1.82, 2.24) is 9.62 Å². The van der Waals surface area contributed by atoms with E-state index in [-0.39, 0.29) is 16.4 Å². The third-order valence-electron chi connectivity index (χ3n) is 2.76. The van der Waals surface area contributed by atoms with E-state index in [1.807, 2.05) is 0 Å². The maximum absolute atomic E-state index is 12.2. The van der Waals surface area contributed by atoms with Crippen LogP contribution in [0.25, 0.3) is 0 Å². The van der Waals surface area contributed by atoms with E-state index in [0.29, 0.717) is 16.2 Å². The van der Waals surface area contributed by atoms with E-state index in [4.69, 9.17) is 0 Å². The Morgan fingerprint density at radius 1 is 1.43 bits per heavy atom. The molecule has 0 unspecified atom stereocenters. The van der Waals surface area contributed by atoms with Crippen molar-refractivity contribution in [2.45, 2.75) is 4.90 Å². The highest BCUT2D eigenvalue weighted by atomic mass is 79.9. The number of benzene rings is 1. The number of amides is 1. The predicted octanol–water partition coefficient (Wildman–Crippen LogP) is 1.53. The summed E-state index contributed by atoms with van der Waals surface area (Å²) in [5.74, 6) is 0.474. The van der Waals surface area contributed by atoms with Crippen LogP contribution in [0.5, 0.6) is 0 Å². The molecule has 0 aromatic heterocycles. The lowest BCUT2D eigenvalue weighted by Crippen LogP contribution is -2.28. The Morgan fingerprint density at radius 2 is 2.14 bits per heavy atom. The zero-order valence-corrected chi connectivity index (χ0v) is 14.7. The van der Waals surface area contributed by atoms with Gasteiger partial charge in [0.05, 0.1) is 11.4 Å². The van der Waals surface area contributed by atoms with Crippen molar-refractivity contribution in [1.29, 1.82) is 0 Å². The minimum atomic E-state index is -3.62. The largest absolute Gasteiger partial charge is 0.301 e. The Hall–Kier alpha value is -0.900. The van der Waals surface area contributed by atoms with Gasteiger partial charge in [-0.05, 0) is 34.1 Å². The second kappa shape index (κ2) is 6.47. The molecule has 1 aromatic rings. The van der Waals surface area contributed by atoms with Crippen LogP contribution in [0.2, 0.25) is 0 Å². The van der Waals surface area contributed by atoms with Gasteiger partial charge < -0.3 is 5.32 Å². The third-order valence-corrected chi connectivity index (χ3v) is 6.46. The fourth-order valence-electron chi connectivity index (χ4n) is 1.62. The summed E-state index contributed by atoms with van der Waals surface area (Å²) in [6.45, 7) is 0.681. The number of carbonyl (C=O) groups is 1. The molecule has 114 valence electrons. The highest BCUT2D eigenvalue weighted by Gasteiger charge is 2.22. The average molecular weight is 392 g/mol. The van der Waals surface area contributed by atoms with Gasteiger partial charge in [-0.1, -0.05) is 11.8 Å². The quantitative estimate of drug-likeness (QED) is 0.847. The number of hydrogen-bond donors (Lipinski definition) is 1. The van der Waals surface area contributed by atoms with Crippen LogP contribution in [0.15, 0.2) is 32.6 Å². The number of amidine groups is 1. The molecule has 9 heteroatoms. The number of carbonyl (C=O) groups excluding carboxylic acids is 1. The smallest absolute Gasteiger partial charge is 0.257 e. The van der Waals surface area contributed by atoms with Crippen molar-refractivity contribution < 1.29 is 13.2 Å². The average Bonchev–Trinajstić information content (AvgIpc) is 2.91. The van der Waals surface area contributed by atoms with Crippen LogP contribution in [-0.4, -0.2) is 50.2 Å². The zero-order valence-electron chi connectivity index (χ0n) is 11.5. The summed E-state index contributed by atoms with van der Waals surface area (Å²) in [5.41, 5.74) is 0.272. The fraction of sp³-hybridized carbons (Fsp3) is 0.333. The summed E-state index contributed by atoms with van der Waals surface area (Å²) in [6.07, 6.45) is 0. The molecule has 0 fully saturated rings. The second-order valence-electron chi connectivity index (χ2n) is 4.42. The number of hydrogen-bond acceptors (Lipinski definition) is 5. The summed E-state index contributed by atoms with van der Waals surface area (Å²) < 4.78 is 25.9. The van der Waals surface area contributed by atoms with E-state index in [1.165, 1.54) is 31.9 Å². The van der Waals surface area contributed by atoms with Gasteiger partial charge in [0.1, 0.15) is 0 Å². The molecule has 1 aromatic carbocycles. The van der Waals surface area contributed by atoms with Crippen LogP contribution in [0.4, 0.5) is 0 Å². The zero-order chi connectivity index (χ0) is 15.6. The van der Waals surface area contributed by atoms with Crippen molar-refractivity contribution in [2.24, 2.45) is 4.99 Å². The minimum absolute atomic E-state index is 0.0566. The Morgan fingerprint density at radius 3 is 2.71 bits per heavy atom. The molecular weight excluding hydrogens is 378 g/mol. The minimum Gasteiger partial charge on any atom is -0.301 e. The standard InChI is InChI=1S/C12H14BrN3O3S2/c1-16(2)21(18,19)10-7-8(3-4-9(10)13)11(17)15-12-14-5-6-20-12/h3-4,7H,5-6H2,1-2H3,(H,14,15,17). The van der Waals surface area contributed by atoms with Gasteiger partial charge in [0.25, 0.3) is 5.91 Å². The number of nitrogens with zero attached hydrogens (tertiary/aromatic N) is 2. The first kappa shape index (κ1) is 16.5. The molecule has 0 radical (unpaired) electrons. The van der Waals surface area contributed by atoms with Gasteiger partial charge in [0.15, 0.2) is 5.17 Å². The molecule has 1 heterocycles. The lowest BCUT2D eigenvalue weighted by atomic mass is 10.2. The number of thioether (sulfide) groups is 1. The molecule has 1 aliphatic heterocycles. The van der Waals surface area contributed by atoms with Crippen LogP contribution in [0.3, 0.4) is 0 Å². The van der Waals surface area contributed by atoms with Crippen molar-refractivity contribution >= 4 is 48.8 Å². The predicted molar refractivity (Wildman–Crippen MR) is 87.2 cm³/mol. The Bertz CT molecular complexity index is 702. The number of rotatable bonds is 3. The topological polar surface area (TPSA) is 78.8 Å². The molecule has 1 aliphatic rings. The number of sulfonamides is 1. The van der Waals surface area contributed by atoms with E-state index in [2.05, 4.69) is 26.2 Å². The van der Waals surface area contributed by atoms with E-state index in [0.717, 1.165) is 10.1 Å². The highest BCUT2D eigenvalue weighted by molar-refractivity contribution is 9.10. The maximum Gasteiger partial charge on any atom is 0.257 e. The maximum atomic E-state index is 12.2. The van der Waals surface area contributed by atoms with Crippen LogP contribution in [-0.2, 0) is 10.0 Å². The first-order valence-electron chi connectivity index (χ1n) is 6.03. The molecule has 1 N–H and O–H groups in total. The molecule has 6 nitrogen and oxygen atoms in total. The fourth-order valence-corrected chi connectivity index (χ4v) is 4.19. The van der Waals surface area contributed by atoms with Gasteiger partial charge in [-0.15, -0.1) is 0 Å². The lowest BCUT2D eigenvalue weighted by Gasteiger charge is -2.14. The van der Waals surface area contributed by atoms with Gasteiger partial charge in [-0.2, -0.15) is 0 Å². The van der Waals surface area contributed by atoms with E-state index < -0.39 is 10.0 Å². The van der Waals surface area contributed by atoms with Crippen LogP contribution in [0, 0.1) is 0 Å². The van der Waals surface area contributed by atoms with Crippen molar-refractivity contribution in [2.75, 3.05) is 26.4 Å². The van der Waals surface area contributed by atoms with E-state index >= 15 is 0 Å². The van der Waals surface area contributed by atoms with Crippen molar-refractivity contribution in [3.05, 3.63) is 28.2 Å². The summed E-state index contributed by atoms with van der Waals surface area (Å²) in [4.78, 5) is 16.3. The van der Waals surface area contributed by atoms with Gasteiger partial charge in [-0.25, -0.2) is 12.7 Å².